The standard InChI is InChI=1S/C16H20N4O2S/c1-9(2)18-15(21)12-5-4-11(6-10(12)3)19-16(22)13-8-23-14(7-17)20-13/h4-6,8-9H,7,17H2,1-3H3,(H,18,21)(H,19,22). The van der Waals surface area contributed by atoms with Crippen molar-refractivity contribution in [1.82, 2.24) is 10.3 Å². The lowest BCUT2D eigenvalue weighted by molar-refractivity contribution is 0.0942. The minimum atomic E-state index is -0.292. The molecule has 0 spiro atoms. The summed E-state index contributed by atoms with van der Waals surface area (Å²) < 4.78 is 0. The predicted molar refractivity (Wildman–Crippen MR) is 91.7 cm³/mol. The molecule has 1 heterocycles. The van der Waals surface area contributed by atoms with Crippen LogP contribution in [0.25, 0.3) is 0 Å². The predicted octanol–water partition coefficient (Wildman–Crippen LogP) is 2.30. The molecule has 1 aromatic carbocycles. The van der Waals surface area contributed by atoms with E-state index in [4.69, 9.17) is 5.73 Å². The summed E-state index contributed by atoms with van der Waals surface area (Å²) in [6.45, 7) is 5.97. The topological polar surface area (TPSA) is 97.1 Å². The molecule has 2 rings (SSSR count). The molecule has 7 heteroatoms. The molecule has 0 radical (unpaired) electrons. The molecule has 0 aliphatic heterocycles. The zero-order valence-corrected chi connectivity index (χ0v) is 14.2. The third-order valence-corrected chi connectivity index (χ3v) is 3.98. The Labute approximate surface area is 139 Å². The highest BCUT2D eigenvalue weighted by Crippen LogP contribution is 2.17. The van der Waals surface area contributed by atoms with Crippen molar-refractivity contribution in [3.63, 3.8) is 0 Å². The van der Waals surface area contributed by atoms with E-state index in [0.717, 1.165) is 5.56 Å². The second-order valence-corrected chi connectivity index (χ2v) is 6.39. The zero-order valence-electron chi connectivity index (χ0n) is 13.3. The van der Waals surface area contributed by atoms with Crippen molar-refractivity contribution >= 4 is 28.8 Å². The molecule has 0 atom stereocenters. The largest absolute Gasteiger partial charge is 0.350 e. The van der Waals surface area contributed by atoms with E-state index >= 15 is 0 Å². The van der Waals surface area contributed by atoms with E-state index in [0.29, 0.717) is 28.5 Å². The maximum absolute atomic E-state index is 12.1. The maximum Gasteiger partial charge on any atom is 0.275 e. The van der Waals surface area contributed by atoms with Crippen molar-refractivity contribution in [1.29, 1.82) is 0 Å². The Balaban J connectivity index is 2.11. The molecule has 6 nitrogen and oxygen atoms in total. The van der Waals surface area contributed by atoms with E-state index in [1.807, 2.05) is 20.8 Å². The fraction of sp³-hybridized carbons (Fsp3) is 0.312. The summed E-state index contributed by atoms with van der Waals surface area (Å²) in [5.41, 5.74) is 7.84. The summed E-state index contributed by atoms with van der Waals surface area (Å²) in [5, 5.41) is 8.01. The Morgan fingerprint density at radius 1 is 1.30 bits per heavy atom. The number of anilines is 1. The van der Waals surface area contributed by atoms with Gasteiger partial charge in [-0.2, -0.15) is 0 Å². The Hall–Kier alpha value is -2.25. The number of rotatable bonds is 5. The lowest BCUT2D eigenvalue weighted by atomic mass is 10.1. The number of nitrogens with two attached hydrogens (primary N) is 1. The fourth-order valence-corrected chi connectivity index (χ4v) is 2.69. The van der Waals surface area contributed by atoms with Gasteiger partial charge in [0.25, 0.3) is 11.8 Å². The number of aryl methyl sites for hydroxylation is 1. The highest BCUT2D eigenvalue weighted by Gasteiger charge is 2.13. The smallest absolute Gasteiger partial charge is 0.275 e. The number of hydrogen-bond donors (Lipinski definition) is 3. The van der Waals surface area contributed by atoms with E-state index in [-0.39, 0.29) is 17.9 Å². The van der Waals surface area contributed by atoms with Crippen LogP contribution in [0.3, 0.4) is 0 Å². The number of aromatic nitrogens is 1. The van der Waals surface area contributed by atoms with Gasteiger partial charge in [0.2, 0.25) is 0 Å². The van der Waals surface area contributed by atoms with Crippen molar-refractivity contribution in [2.45, 2.75) is 33.4 Å². The van der Waals surface area contributed by atoms with Gasteiger partial charge in [-0.25, -0.2) is 4.98 Å². The number of carbonyl (C=O) groups is 2. The summed E-state index contributed by atoms with van der Waals surface area (Å²) in [4.78, 5) is 28.3. The van der Waals surface area contributed by atoms with Gasteiger partial charge in [0, 0.05) is 29.2 Å². The first-order valence-corrected chi connectivity index (χ1v) is 8.16. The van der Waals surface area contributed by atoms with Crippen molar-refractivity contribution < 1.29 is 9.59 Å². The van der Waals surface area contributed by atoms with Crippen LogP contribution in [0.2, 0.25) is 0 Å². The van der Waals surface area contributed by atoms with E-state index in [2.05, 4.69) is 15.6 Å². The van der Waals surface area contributed by atoms with Gasteiger partial charge in [-0.05, 0) is 44.5 Å². The van der Waals surface area contributed by atoms with E-state index < -0.39 is 0 Å². The molecular formula is C16H20N4O2S. The van der Waals surface area contributed by atoms with Crippen LogP contribution in [0.4, 0.5) is 5.69 Å². The first kappa shape index (κ1) is 17.1. The van der Waals surface area contributed by atoms with Gasteiger partial charge in [-0.15, -0.1) is 11.3 Å². The lowest BCUT2D eigenvalue weighted by Gasteiger charge is -2.12. The molecule has 0 bridgehead atoms. The van der Waals surface area contributed by atoms with Crippen molar-refractivity contribution in [2.75, 3.05) is 5.32 Å². The number of nitrogens with one attached hydrogen (secondary N) is 2. The second-order valence-electron chi connectivity index (χ2n) is 5.44. The number of nitrogens with zero attached hydrogens (tertiary/aromatic N) is 1. The number of amides is 2. The van der Waals surface area contributed by atoms with Crippen molar-refractivity contribution in [3.05, 3.63) is 45.4 Å². The van der Waals surface area contributed by atoms with Crippen molar-refractivity contribution in [2.24, 2.45) is 5.73 Å². The van der Waals surface area contributed by atoms with Gasteiger partial charge in [0.05, 0.1) is 0 Å². The molecule has 0 aliphatic rings. The van der Waals surface area contributed by atoms with Gasteiger partial charge >= 0.3 is 0 Å². The van der Waals surface area contributed by atoms with E-state index in [1.165, 1.54) is 11.3 Å². The molecule has 23 heavy (non-hydrogen) atoms. The van der Waals surface area contributed by atoms with Crippen LogP contribution in [0.15, 0.2) is 23.6 Å². The molecule has 0 unspecified atom stereocenters. The molecule has 2 aromatic rings. The quantitative estimate of drug-likeness (QED) is 0.782. The van der Waals surface area contributed by atoms with Gasteiger partial charge in [0.15, 0.2) is 0 Å². The van der Waals surface area contributed by atoms with Crippen molar-refractivity contribution in [3.8, 4) is 0 Å². The highest BCUT2D eigenvalue weighted by molar-refractivity contribution is 7.09. The van der Waals surface area contributed by atoms with Gasteiger partial charge in [-0.3, -0.25) is 9.59 Å². The molecular weight excluding hydrogens is 312 g/mol. The molecule has 0 saturated carbocycles. The summed E-state index contributed by atoms with van der Waals surface area (Å²) in [6, 6.07) is 5.25. The fourth-order valence-electron chi connectivity index (χ4n) is 2.04. The molecule has 0 aliphatic carbocycles. The number of benzene rings is 1. The van der Waals surface area contributed by atoms with Crippen LogP contribution in [-0.2, 0) is 6.54 Å². The van der Waals surface area contributed by atoms with E-state index in [1.54, 1.807) is 23.6 Å². The SMILES string of the molecule is Cc1cc(NC(=O)c2csc(CN)n2)ccc1C(=O)NC(C)C. The Bertz CT molecular complexity index is 725. The minimum absolute atomic E-state index is 0.0719. The molecule has 0 saturated heterocycles. The third kappa shape index (κ3) is 4.37. The molecule has 2 amide bonds. The Kier molecular flexibility index (Phi) is 5.46. The zero-order chi connectivity index (χ0) is 17.0. The van der Waals surface area contributed by atoms with Crippen LogP contribution in [0, 0.1) is 6.92 Å². The number of hydrogen-bond acceptors (Lipinski definition) is 5. The average molecular weight is 332 g/mol. The summed E-state index contributed by atoms with van der Waals surface area (Å²) >= 11 is 1.35. The lowest BCUT2D eigenvalue weighted by Crippen LogP contribution is -2.30. The normalized spacial score (nSPS) is 10.7. The summed E-state index contributed by atoms with van der Waals surface area (Å²) in [6.07, 6.45) is 0. The van der Waals surface area contributed by atoms with Crippen LogP contribution in [0.5, 0.6) is 0 Å². The Morgan fingerprint density at radius 2 is 2.04 bits per heavy atom. The number of carbonyl (C=O) groups excluding carboxylic acids is 2. The summed E-state index contributed by atoms with van der Waals surface area (Å²) in [7, 11) is 0. The maximum atomic E-state index is 12.1. The molecule has 4 N–H and O–H groups in total. The molecule has 1 aromatic heterocycles. The highest BCUT2D eigenvalue weighted by atomic mass is 32.1. The third-order valence-electron chi connectivity index (χ3n) is 3.11. The van der Waals surface area contributed by atoms with Crippen LogP contribution < -0.4 is 16.4 Å². The summed E-state index contributed by atoms with van der Waals surface area (Å²) in [5.74, 6) is -0.415. The van der Waals surface area contributed by atoms with Gasteiger partial charge < -0.3 is 16.4 Å². The van der Waals surface area contributed by atoms with Gasteiger partial charge in [0.1, 0.15) is 10.7 Å². The monoisotopic (exact) mass is 332 g/mol. The minimum Gasteiger partial charge on any atom is -0.350 e. The van der Waals surface area contributed by atoms with Crippen LogP contribution >= 0.6 is 11.3 Å². The first-order chi connectivity index (χ1) is 10.9. The van der Waals surface area contributed by atoms with E-state index in [9.17, 15) is 9.59 Å². The number of thiazole rings is 1. The average Bonchev–Trinajstić information content (AvgIpc) is 2.95. The Morgan fingerprint density at radius 3 is 2.61 bits per heavy atom. The van der Waals surface area contributed by atoms with Crippen LogP contribution in [0.1, 0.15) is 45.3 Å². The second kappa shape index (κ2) is 7.34. The van der Waals surface area contributed by atoms with Gasteiger partial charge in [-0.1, -0.05) is 0 Å². The molecule has 122 valence electrons. The molecule has 0 fully saturated rings. The van der Waals surface area contributed by atoms with Crippen LogP contribution in [-0.4, -0.2) is 22.8 Å². The first-order valence-electron chi connectivity index (χ1n) is 7.28.